The van der Waals surface area contributed by atoms with Crippen molar-refractivity contribution in [1.82, 2.24) is 9.88 Å². The van der Waals surface area contributed by atoms with Gasteiger partial charge >= 0.3 is 0 Å². The van der Waals surface area contributed by atoms with Crippen LogP contribution in [0.5, 0.6) is 0 Å². The molecule has 0 spiro atoms. The van der Waals surface area contributed by atoms with Gasteiger partial charge in [-0.05, 0) is 12.1 Å². The van der Waals surface area contributed by atoms with Gasteiger partial charge in [0.15, 0.2) is 0 Å². The lowest BCUT2D eigenvalue weighted by Gasteiger charge is -2.38. The molecule has 0 aliphatic carbocycles. The zero-order valence-electron chi connectivity index (χ0n) is 8.14. The summed E-state index contributed by atoms with van der Waals surface area (Å²) in [7, 11) is 0. The average Bonchev–Trinajstić information content (AvgIpc) is 2.16. The predicted octanol–water partition coefficient (Wildman–Crippen LogP) is -0.561. The average molecular weight is 208 g/mol. The van der Waals surface area contributed by atoms with Crippen LogP contribution in [0.3, 0.4) is 0 Å². The molecule has 0 radical (unpaired) electrons. The molecule has 5 heteroatoms. The Kier molecular flexibility index (Phi) is 2.55. The standard InChI is InChI=1S/C10H12N2O3/c13-6-7-4-12(5-7)10(15)8-2-1-3-11-9(8)14/h1-3,7,13H,4-6H2,(H,11,14). The van der Waals surface area contributed by atoms with Gasteiger partial charge < -0.3 is 15.0 Å². The number of rotatable bonds is 2. The lowest BCUT2D eigenvalue weighted by Crippen LogP contribution is -2.52. The normalized spacial score (nSPS) is 16.2. The molecule has 1 aromatic rings. The minimum atomic E-state index is -0.366. The molecule has 5 nitrogen and oxygen atoms in total. The van der Waals surface area contributed by atoms with Crippen molar-refractivity contribution in [3.63, 3.8) is 0 Å². The number of nitrogens with zero attached hydrogens (tertiary/aromatic N) is 1. The molecule has 2 rings (SSSR count). The van der Waals surface area contributed by atoms with Gasteiger partial charge in [-0.1, -0.05) is 0 Å². The van der Waals surface area contributed by atoms with E-state index < -0.39 is 0 Å². The number of hydrogen-bond acceptors (Lipinski definition) is 3. The topological polar surface area (TPSA) is 73.4 Å². The van der Waals surface area contributed by atoms with Crippen LogP contribution in [-0.4, -0.2) is 40.6 Å². The largest absolute Gasteiger partial charge is 0.396 e. The van der Waals surface area contributed by atoms with E-state index in [1.165, 1.54) is 12.3 Å². The van der Waals surface area contributed by atoms with E-state index in [0.29, 0.717) is 13.1 Å². The number of pyridine rings is 1. The Morgan fingerprint density at radius 1 is 1.60 bits per heavy atom. The van der Waals surface area contributed by atoms with Crippen molar-refractivity contribution in [2.45, 2.75) is 0 Å². The monoisotopic (exact) mass is 208 g/mol. The van der Waals surface area contributed by atoms with Crippen molar-refractivity contribution in [3.8, 4) is 0 Å². The summed E-state index contributed by atoms with van der Waals surface area (Å²) in [5.41, 5.74) is -0.205. The highest BCUT2D eigenvalue weighted by molar-refractivity contribution is 5.94. The molecule has 1 aliphatic rings. The van der Waals surface area contributed by atoms with Gasteiger partial charge in [0.25, 0.3) is 11.5 Å². The van der Waals surface area contributed by atoms with E-state index >= 15 is 0 Å². The van der Waals surface area contributed by atoms with Crippen LogP contribution in [0.15, 0.2) is 23.1 Å². The number of aromatic nitrogens is 1. The van der Waals surface area contributed by atoms with Crippen LogP contribution >= 0.6 is 0 Å². The first-order valence-electron chi connectivity index (χ1n) is 4.80. The summed E-state index contributed by atoms with van der Waals surface area (Å²) in [5.74, 6) is -0.0988. The van der Waals surface area contributed by atoms with Crippen molar-refractivity contribution in [2.75, 3.05) is 19.7 Å². The fourth-order valence-electron chi connectivity index (χ4n) is 1.61. The number of nitrogens with one attached hydrogen (secondary N) is 1. The second kappa shape index (κ2) is 3.86. The fraction of sp³-hybridized carbons (Fsp3) is 0.400. The first-order valence-corrected chi connectivity index (χ1v) is 4.80. The third-order valence-corrected chi connectivity index (χ3v) is 2.55. The maximum atomic E-state index is 11.7. The summed E-state index contributed by atoms with van der Waals surface area (Å²) in [5, 5.41) is 8.80. The maximum absolute atomic E-state index is 11.7. The van der Waals surface area contributed by atoms with E-state index in [-0.39, 0.29) is 29.6 Å². The zero-order chi connectivity index (χ0) is 10.8. The number of H-pyrrole nitrogens is 1. The first kappa shape index (κ1) is 9.92. The van der Waals surface area contributed by atoms with Gasteiger partial charge in [-0.3, -0.25) is 9.59 Å². The number of carbonyl (C=O) groups excluding carboxylic acids is 1. The van der Waals surface area contributed by atoms with Crippen LogP contribution in [-0.2, 0) is 0 Å². The molecule has 1 saturated heterocycles. The molecular weight excluding hydrogens is 196 g/mol. The zero-order valence-corrected chi connectivity index (χ0v) is 8.14. The Morgan fingerprint density at radius 3 is 2.93 bits per heavy atom. The van der Waals surface area contributed by atoms with Gasteiger partial charge in [-0.2, -0.15) is 0 Å². The number of aromatic amines is 1. The van der Waals surface area contributed by atoms with Gasteiger partial charge in [0.2, 0.25) is 0 Å². The SMILES string of the molecule is O=C(c1ccc[nH]c1=O)N1CC(CO)C1. The summed E-state index contributed by atoms with van der Waals surface area (Å²) in [6.07, 6.45) is 1.49. The molecule has 1 amide bonds. The van der Waals surface area contributed by atoms with E-state index in [4.69, 9.17) is 5.11 Å². The molecule has 2 N–H and O–H groups in total. The highest BCUT2D eigenvalue weighted by atomic mass is 16.3. The molecule has 0 atom stereocenters. The Morgan fingerprint density at radius 2 is 2.33 bits per heavy atom. The molecule has 1 aromatic heterocycles. The third-order valence-electron chi connectivity index (χ3n) is 2.55. The third kappa shape index (κ3) is 1.78. The number of aliphatic hydroxyl groups is 1. The van der Waals surface area contributed by atoms with Crippen molar-refractivity contribution >= 4 is 5.91 Å². The molecular formula is C10H12N2O3. The first-order chi connectivity index (χ1) is 7.22. The Balaban J connectivity index is 2.10. The lowest BCUT2D eigenvalue weighted by atomic mass is 10.0. The Hall–Kier alpha value is -1.62. The molecule has 1 fully saturated rings. The van der Waals surface area contributed by atoms with Gasteiger partial charge in [0.1, 0.15) is 5.56 Å². The van der Waals surface area contributed by atoms with Crippen LogP contribution in [0.4, 0.5) is 0 Å². The smallest absolute Gasteiger partial charge is 0.260 e. The van der Waals surface area contributed by atoms with Crippen molar-refractivity contribution in [2.24, 2.45) is 5.92 Å². The number of carbonyl (C=O) groups is 1. The van der Waals surface area contributed by atoms with E-state index in [0.717, 1.165) is 0 Å². The molecule has 2 heterocycles. The van der Waals surface area contributed by atoms with Crippen LogP contribution in [0.2, 0.25) is 0 Å². The molecule has 0 unspecified atom stereocenters. The van der Waals surface area contributed by atoms with Gasteiger partial charge in [0, 0.05) is 31.8 Å². The predicted molar refractivity (Wildman–Crippen MR) is 53.5 cm³/mol. The number of aliphatic hydroxyl groups excluding tert-OH is 1. The molecule has 0 saturated carbocycles. The quantitative estimate of drug-likeness (QED) is 0.684. The van der Waals surface area contributed by atoms with Crippen LogP contribution in [0, 0.1) is 5.92 Å². The second-order valence-electron chi connectivity index (χ2n) is 3.67. The van der Waals surface area contributed by atoms with E-state index in [1.54, 1.807) is 11.0 Å². The Labute approximate surface area is 86.3 Å². The van der Waals surface area contributed by atoms with Crippen LogP contribution in [0.1, 0.15) is 10.4 Å². The highest BCUT2D eigenvalue weighted by Crippen LogP contribution is 2.16. The number of amides is 1. The van der Waals surface area contributed by atoms with Crippen LogP contribution in [0.25, 0.3) is 0 Å². The molecule has 80 valence electrons. The molecule has 1 aliphatic heterocycles. The molecule has 15 heavy (non-hydrogen) atoms. The summed E-state index contributed by atoms with van der Waals surface area (Å²) in [6, 6.07) is 3.13. The number of hydrogen-bond donors (Lipinski definition) is 2. The fourth-order valence-corrected chi connectivity index (χ4v) is 1.61. The lowest BCUT2D eigenvalue weighted by molar-refractivity contribution is 0.0360. The van der Waals surface area contributed by atoms with Gasteiger partial charge in [0.05, 0.1) is 0 Å². The summed E-state index contributed by atoms with van der Waals surface area (Å²) >= 11 is 0. The number of likely N-dealkylation sites (tertiary alicyclic amines) is 1. The van der Waals surface area contributed by atoms with Gasteiger partial charge in [-0.15, -0.1) is 0 Å². The highest BCUT2D eigenvalue weighted by Gasteiger charge is 2.31. The molecule has 0 aromatic carbocycles. The van der Waals surface area contributed by atoms with E-state index in [1.807, 2.05) is 0 Å². The second-order valence-corrected chi connectivity index (χ2v) is 3.67. The van der Waals surface area contributed by atoms with E-state index in [2.05, 4.69) is 4.98 Å². The van der Waals surface area contributed by atoms with Gasteiger partial charge in [-0.25, -0.2) is 0 Å². The van der Waals surface area contributed by atoms with Crippen molar-refractivity contribution < 1.29 is 9.90 Å². The Bertz CT molecular complexity index is 421. The molecule has 0 bridgehead atoms. The van der Waals surface area contributed by atoms with Crippen LogP contribution < -0.4 is 5.56 Å². The summed E-state index contributed by atoms with van der Waals surface area (Å²) in [4.78, 5) is 27.1. The minimum Gasteiger partial charge on any atom is -0.396 e. The van der Waals surface area contributed by atoms with Crippen molar-refractivity contribution in [3.05, 3.63) is 34.2 Å². The maximum Gasteiger partial charge on any atom is 0.260 e. The van der Waals surface area contributed by atoms with E-state index in [9.17, 15) is 9.59 Å². The summed E-state index contributed by atoms with van der Waals surface area (Å²) < 4.78 is 0. The summed E-state index contributed by atoms with van der Waals surface area (Å²) in [6.45, 7) is 1.16. The van der Waals surface area contributed by atoms with Crippen molar-refractivity contribution in [1.29, 1.82) is 0 Å². The minimum absolute atomic E-state index is 0.0922.